The minimum absolute atomic E-state index is 0.281. The summed E-state index contributed by atoms with van der Waals surface area (Å²) in [6, 6.07) is 25.6. The summed E-state index contributed by atoms with van der Waals surface area (Å²) in [5.74, 6) is 0.418. The van der Waals surface area contributed by atoms with Gasteiger partial charge in [0, 0.05) is 16.9 Å². The second-order valence-electron chi connectivity index (χ2n) is 7.33. The Morgan fingerprint density at radius 1 is 0.970 bits per heavy atom. The van der Waals surface area contributed by atoms with E-state index in [0.717, 1.165) is 37.1 Å². The first-order valence-electron chi connectivity index (χ1n) is 10.2. The highest BCUT2D eigenvalue weighted by atomic mass is 79.9. The quantitative estimate of drug-likeness (QED) is 0.207. The number of rotatable bonds is 6. The van der Waals surface area contributed by atoms with E-state index in [1.807, 2.05) is 42.5 Å². The Morgan fingerprint density at radius 3 is 2.27 bits per heavy atom. The zero-order valence-corrected chi connectivity index (χ0v) is 21.2. The highest BCUT2D eigenvalue weighted by molar-refractivity contribution is 9.11. The number of hydrogen-bond donors (Lipinski definition) is 1. The number of halogens is 2. The molecule has 4 rings (SSSR count). The average Bonchev–Trinajstić information content (AvgIpc) is 3.21. The molecule has 0 fully saturated rings. The average molecular weight is 567 g/mol. The largest absolute Gasteiger partial charge is 0.494 e. The standard InChI is InChI=1S/C26H21Br2N3O2/c1-17-8-13-24(19-6-4-3-5-7-19)31(17)21-11-9-20(10-12-21)26(32)30-29-16-18-14-22(27)25(33-2)23(28)15-18/h3-16H,1-2H3,(H,30,32)/b29-16+. The summed E-state index contributed by atoms with van der Waals surface area (Å²) in [6.07, 6.45) is 1.58. The van der Waals surface area contributed by atoms with Gasteiger partial charge < -0.3 is 9.30 Å². The zero-order valence-electron chi connectivity index (χ0n) is 18.0. The van der Waals surface area contributed by atoms with E-state index in [1.165, 1.54) is 0 Å². The lowest BCUT2D eigenvalue weighted by molar-refractivity contribution is 0.0955. The van der Waals surface area contributed by atoms with Crippen molar-refractivity contribution in [3.8, 4) is 22.7 Å². The topological polar surface area (TPSA) is 55.6 Å². The van der Waals surface area contributed by atoms with Crippen LogP contribution < -0.4 is 10.2 Å². The SMILES string of the molecule is COc1c(Br)cc(/C=N/NC(=O)c2ccc(-n3c(C)ccc3-c3ccccc3)cc2)cc1Br. The van der Waals surface area contributed by atoms with Gasteiger partial charge in [-0.3, -0.25) is 4.79 Å². The molecular formula is C26H21Br2N3O2. The summed E-state index contributed by atoms with van der Waals surface area (Å²) < 4.78 is 9.05. The molecule has 0 unspecified atom stereocenters. The summed E-state index contributed by atoms with van der Waals surface area (Å²) in [7, 11) is 1.60. The molecule has 1 heterocycles. The second-order valence-corrected chi connectivity index (χ2v) is 9.03. The summed E-state index contributed by atoms with van der Waals surface area (Å²) in [6.45, 7) is 2.07. The molecule has 1 N–H and O–H groups in total. The third-order valence-corrected chi connectivity index (χ3v) is 6.32. The monoisotopic (exact) mass is 565 g/mol. The van der Waals surface area contributed by atoms with E-state index in [1.54, 1.807) is 25.5 Å². The molecule has 5 nitrogen and oxygen atoms in total. The van der Waals surface area contributed by atoms with E-state index in [9.17, 15) is 4.79 Å². The van der Waals surface area contributed by atoms with E-state index in [0.29, 0.717) is 11.3 Å². The number of amides is 1. The van der Waals surface area contributed by atoms with Gasteiger partial charge in [0.05, 0.1) is 28.0 Å². The lowest BCUT2D eigenvalue weighted by Gasteiger charge is -2.12. The first kappa shape index (κ1) is 23.0. The number of hydrogen-bond acceptors (Lipinski definition) is 3. The Bertz CT molecular complexity index is 1290. The van der Waals surface area contributed by atoms with Crippen LogP contribution in [0.4, 0.5) is 0 Å². The van der Waals surface area contributed by atoms with Crippen molar-refractivity contribution >= 4 is 44.0 Å². The van der Waals surface area contributed by atoms with Crippen LogP contribution in [0.25, 0.3) is 16.9 Å². The van der Waals surface area contributed by atoms with Gasteiger partial charge in [0.25, 0.3) is 5.91 Å². The summed E-state index contributed by atoms with van der Waals surface area (Å²) in [5.41, 5.74) is 8.26. The van der Waals surface area contributed by atoms with Crippen LogP contribution in [0.2, 0.25) is 0 Å². The maximum Gasteiger partial charge on any atom is 0.271 e. The van der Waals surface area contributed by atoms with E-state index < -0.39 is 0 Å². The number of carbonyl (C=O) groups is 1. The van der Waals surface area contributed by atoms with Crippen molar-refractivity contribution in [1.82, 2.24) is 9.99 Å². The number of hydrazone groups is 1. The minimum atomic E-state index is -0.281. The van der Waals surface area contributed by atoms with Crippen molar-refractivity contribution in [2.24, 2.45) is 5.10 Å². The molecule has 4 aromatic rings. The smallest absolute Gasteiger partial charge is 0.271 e. The van der Waals surface area contributed by atoms with Gasteiger partial charge in [0.1, 0.15) is 5.75 Å². The lowest BCUT2D eigenvalue weighted by atomic mass is 10.1. The van der Waals surface area contributed by atoms with Crippen LogP contribution in [0.5, 0.6) is 5.75 Å². The molecule has 0 aliphatic carbocycles. The van der Waals surface area contributed by atoms with Gasteiger partial charge >= 0.3 is 0 Å². The third-order valence-electron chi connectivity index (χ3n) is 5.14. The van der Waals surface area contributed by atoms with Crippen LogP contribution in [0.1, 0.15) is 21.6 Å². The first-order chi connectivity index (χ1) is 16.0. The van der Waals surface area contributed by atoms with E-state index >= 15 is 0 Å². The molecule has 0 saturated heterocycles. The second kappa shape index (κ2) is 10.2. The van der Waals surface area contributed by atoms with Gasteiger partial charge in [-0.05, 0) is 98.4 Å². The maximum absolute atomic E-state index is 12.6. The van der Waals surface area contributed by atoms with Crippen LogP contribution in [-0.4, -0.2) is 23.8 Å². The van der Waals surface area contributed by atoms with Crippen LogP contribution in [-0.2, 0) is 0 Å². The number of aromatic nitrogens is 1. The van der Waals surface area contributed by atoms with Crippen molar-refractivity contribution in [2.75, 3.05) is 7.11 Å². The fourth-order valence-electron chi connectivity index (χ4n) is 3.56. The van der Waals surface area contributed by atoms with E-state index in [2.05, 4.69) is 78.1 Å². The molecule has 1 amide bonds. The maximum atomic E-state index is 12.6. The molecule has 7 heteroatoms. The molecule has 33 heavy (non-hydrogen) atoms. The van der Waals surface area contributed by atoms with E-state index in [4.69, 9.17) is 4.74 Å². The molecule has 166 valence electrons. The molecule has 3 aromatic carbocycles. The van der Waals surface area contributed by atoms with Gasteiger partial charge in [0.2, 0.25) is 0 Å². The normalized spacial score (nSPS) is 11.0. The Balaban J connectivity index is 1.49. The summed E-state index contributed by atoms with van der Waals surface area (Å²) in [4.78, 5) is 12.6. The van der Waals surface area contributed by atoms with Crippen LogP contribution in [0, 0.1) is 6.92 Å². The number of methoxy groups -OCH3 is 1. The van der Waals surface area contributed by atoms with Gasteiger partial charge in [-0.25, -0.2) is 5.43 Å². The Kier molecular flexibility index (Phi) is 7.11. The highest BCUT2D eigenvalue weighted by Crippen LogP contribution is 2.34. The van der Waals surface area contributed by atoms with Crippen LogP contribution in [0.3, 0.4) is 0 Å². The number of benzene rings is 3. The third kappa shape index (κ3) is 5.10. The van der Waals surface area contributed by atoms with Crippen molar-refractivity contribution < 1.29 is 9.53 Å². The van der Waals surface area contributed by atoms with Gasteiger partial charge in [0.15, 0.2) is 0 Å². The first-order valence-corrected chi connectivity index (χ1v) is 11.8. The number of ether oxygens (including phenoxy) is 1. The lowest BCUT2D eigenvalue weighted by Crippen LogP contribution is -2.17. The van der Waals surface area contributed by atoms with Gasteiger partial charge in [-0.2, -0.15) is 5.10 Å². The molecule has 0 bridgehead atoms. The highest BCUT2D eigenvalue weighted by Gasteiger charge is 2.11. The van der Waals surface area contributed by atoms with E-state index in [-0.39, 0.29) is 5.91 Å². The number of carbonyl (C=O) groups excluding carboxylic acids is 1. The molecule has 0 aliphatic rings. The predicted molar refractivity (Wildman–Crippen MR) is 139 cm³/mol. The Labute approximate surface area is 209 Å². The Morgan fingerprint density at radius 2 is 1.64 bits per heavy atom. The van der Waals surface area contributed by atoms with Crippen molar-refractivity contribution in [3.63, 3.8) is 0 Å². The Hall–Kier alpha value is -3.16. The fourth-order valence-corrected chi connectivity index (χ4v) is 5.10. The molecule has 0 aliphatic heterocycles. The molecule has 1 aromatic heterocycles. The van der Waals surface area contributed by atoms with Crippen molar-refractivity contribution in [3.05, 3.63) is 105 Å². The minimum Gasteiger partial charge on any atom is -0.494 e. The zero-order chi connectivity index (χ0) is 23.4. The summed E-state index contributed by atoms with van der Waals surface area (Å²) in [5, 5.41) is 4.08. The molecule has 0 spiro atoms. The number of nitrogens with one attached hydrogen (secondary N) is 1. The molecular weight excluding hydrogens is 546 g/mol. The van der Waals surface area contributed by atoms with Crippen LogP contribution >= 0.6 is 31.9 Å². The fraction of sp³-hybridized carbons (Fsp3) is 0.0769. The summed E-state index contributed by atoms with van der Waals surface area (Å²) >= 11 is 6.92. The van der Waals surface area contributed by atoms with Gasteiger partial charge in [-0.1, -0.05) is 30.3 Å². The van der Waals surface area contributed by atoms with Crippen molar-refractivity contribution in [1.29, 1.82) is 0 Å². The van der Waals surface area contributed by atoms with Crippen LogP contribution in [0.15, 0.2) is 92.9 Å². The van der Waals surface area contributed by atoms with Crippen molar-refractivity contribution in [2.45, 2.75) is 6.92 Å². The molecule has 0 saturated carbocycles. The number of aryl methyl sites for hydroxylation is 1. The predicted octanol–water partition coefficient (Wildman–Crippen LogP) is 6.75. The molecule has 0 atom stereocenters. The number of nitrogens with zero attached hydrogens (tertiary/aromatic N) is 2. The molecule has 0 radical (unpaired) electrons. The van der Waals surface area contributed by atoms with Gasteiger partial charge in [-0.15, -0.1) is 0 Å².